The van der Waals surface area contributed by atoms with Crippen molar-refractivity contribution in [3.05, 3.63) is 35.4 Å². The zero-order chi connectivity index (χ0) is 14.7. The molecule has 20 heavy (non-hydrogen) atoms. The summed E-state index contributed by atoms with van der Waals surface area (Å²) in [4.78, 5) is 14.5. The second-order valence-electron chi connectivity index (χ2n) is 6.65. The van der Waals surface area contributed by atoms with Crippen LogP contribution in [0, 0.1) is 11.8 Å². The Morgan fingerprint density at radius 1 is 1.05 bits per heavy atom. The van der Waals surface area contributed by atoms with Gasteiger partial charge in [0, 0.05) is 18.7 Å². The first kappa shape index (κ1) is 15.1. The fraction of sp³-hybridized carbons (Fsp3) is 0.611. The minimum absolute atomic E-state index is 0.197. The number of carbonyl (C=O) groups excluding carboxylic acids is 1. The van der Waals surface area contributed by atoms with Crippen molar-refractivity contribution < 1.29 is 4.79 Å². The molecule has 1 aliphatic rings. The molecular formula is C18H27NO. The average Bonchev–Trinajstić information content (AvgIpc) is 2.46. The molecule has 2 rings (SSSR count). The summed E-state index contributed by atoms with van der Waals surface area (Å²) in [6.07, 6.45) is 2.29. The first-order chi connectivity index (χ1) is 9.49. The summed E-state index contributed by atoms with van der Waals surface area (Å²) in [6, 6.07) is 8.12. The Hall–Kier alpha value is -1.31. The van der Waals surface area contributed by atoms with Gasteiger partial charge in [0.15, 0.2) is 0 Å². The van der Waals surface area contributed by atoms with E-state index >= 15 is 0 Å². The molecule has 1 saturated heterocycles. The normalized spacial score (nSPS) is 17.0. The van der Waals surface area contributed by atoms with Gasteiger partial charge in [0.05, 0.1) is 0 Å². The van der Waals surface area contributed by atoms with E-state index < -0.39 is 0 Å². The van der Waals surface area contributed by atoms with Crippen LogP contribution in [0.5, 0.6) is 0 Å². The van der Waals surface area contributed by atoms with Crippen molar-refractivity contribution >= 4 is 5.91 Å². The van der Waals surface area contributed by atoms with Gasteiger partial charge in [-0.2, -0.15) is 0 Å². The van der Waals surface area contributed by atoms with Gasteiger partial charge >= 0.3 is 0 Å². The SMILES string of the molecule is CC(C)c1ccc(C(=O)N2CCC(C(C)C)CC2)cc1. The van der Waals surface area contributed by atoms with E-state index in [1.807, 2.05) is 17.0 Å². The molecule has 2 heteroatoms. The molecule has 1 aromatic rings. The molecule has 1 heterocycles. The maximum absolute atomic E-state index is 12.5. The Bertz CT molecular complexity index is 439. The maximum atomic E-state index is 12.5. The molecule has 1 aliphatic heterocycles. The lowest BCUT2D eigenvalue weighted by atomic mass is 9.86. The quantitative estimate of drug-likeness (QED) is 0.803. The number of hydrogen-bond donors (Lipinski definition) is 0. The van der Waals surface area contributed by atoms with Crippen LogP contribution in [-0.4, -0.2) is 23.9 Å². The molecule has 0 bridgehead atoms. The number of rotatable bonds is 3. The Balaban J connectivity index is 1.98. The van der Waals surface area contributed by atoms with Gasteiger partial charge in [0.25, 0.3) is 5.91 Å². The first-order valence-corrected chi connectivity index (χ1v) is 7.88. The van der Waals surface area contributed by atoms with Gasteiger partial charge in [-0.3, -0.25) is 4.79 Å². The predicted octanol–water partition coefficient (Wildman–Crippen LogP) is 4.32. The minimum atomic E-state index is 0.197. The van der Waals surface area contributed by atoms with Crippen LogP contribution in [-0.2, 0) is 0 Å². The lowest BCUT2D eigenvalue weighted by Crippen LogP contribution is -2.39. The first-order valence-electron chi connectivity index (χ1n) is 7.88. The van der Waals surface area contributed by atoms with Gasteiger partial charge in [-0.15, -0.1) is 0 Å². The lowest BCUT2D eigenvalue weighted by molar-refractivity contribution is 0.0667. The van der Waals surface area contributed by atoms with E-state index in [9.17, 15) is 4.79 Å². The Kier molecular flexibility index (Phi) is 4.85. The van der Waals surface area contributed by atoms with Crippen LogP contribution >= 0.6 is 0 Å². The van der Waals surface area contributed by atoms with E-state index in [0.29, 0.717) is 5.92 Å². The third-order valence-corrected chi connectivity index (χ3v) is 4.59. The van der Waals surface area contributed by atoms with Gasteiger partial charge in [-0.25, -0.2) is 0 Å². The fourth-order valence-corrected chi connectivity index (χ4v) is 2.96. The molecule has 1 amide bonds. The molecule has 1 aromatic carbocycles. The van der Waals surface area contributed by atoms with Crippen LogP contribution in [0.15, 0.2) is 24.3 Å². The van der Waals surface area contributed by atoms with Crippen LogP contribution < -0.4 is 0 Å². The highest BCUT2D eigenvalue weighted by Gasteiger charge is 2.25. The highest BCUT2D eigenvalue weighted by Crippen LogP contribution is 2.25. The molecule has 0 spiro atoms. The number of benzene rings is 1. The van der Waals surface area contributed by atoms with E-state index in [1.54, 1.807) is 0 Å². The molecule has 0 N–H and O–H groups in total. The summed E-state index contributed by atoms with van der Waals surface area (Å²) in [5, 5.41) is 0. The van der Waals surface area contributed by atoms with E-state index in [2.05, 4.69) is 39.8 Å². The maximum Gasteiger partial charge on any atom is 0.253 e. The number of amides is 1. The monoisotopic (exact) mass is 273 g/mol. The number of carbonyl (C=O) groups is 1. The molecule has 0 aliphatic carbocycles. The molecule has 2 nitrogen and oxygen atoms in total. The molecule has 0 aromatic heterocycles. The summed E-state index contributed by atoms with van der Waals surface area (Å²) < 4.78 is 0. The Morgan fingerprint density at radius 2 is 1.60 bits per heavy atom. The van der Waals surface area contributed by atoms with Crippen LogP contribution in [0.4, 0.5) is 0 Å². The molecule has 0 saturated carbocycles. The van der Waals surface area contributed by atoms with Crippen molar-refractivity contribution in [3.63, 3.8) is 0 Å². The number of hydrogen-bond acceptors (Lipinski definition) is 1. The van der Waals surface area contributed by atoms with Gasteiger partial charge in [0.1, 0.15) is 0 Å². The van der Waals surface area contributed by atoms with E-state index in [0.717, 1.165) is 43.3 Å². The summed E-state index contributed by atoms with van der Waals surface area (Å²) >= 11 is 0. The standard InChI is InChI=1S/C18H27NO/c1-13(2)15-5-7-17(8-6-15)18(20)19-11-9-16(10-12-19)14(3)4/h5-8,13-14,16H,9-12H2,1-4H3. The van der Waals surface area contributed by atoms with Crippen molar-refractivity contribution in [2.45, 2.75) is 46.5 Å². The molecule has 0 atom stereocenters. The smallest absolute Gasteiger partial charge is 0.253 e. The largest absolute Gasteiger partial charge is 0.339 e. The topological polar surface area (TPSA) is 20.3 Å². The van der Waals surface area contributed by atoms with E-state index in [4.69, 9.17) is 0 Å². The van der Waals surface area contributed by atoms with Crippen molar-refractivity contribution in [1.82, 2.24) is 4.90 Å². The molecule has 0 radical (unpaired) electrons. The van der Waals surface area contributed by atoms with E-state index in [1.165, 1.54) is 5.56 Å². The molecular weight excluding hydrogens is 246 g/mol. The molecule has 1 fully saturated rings. The third-order valence-electron chi connectivity index (χ3n) is 4.59. The van der Waals surface area contributed by atoms with Crippen molar-refractivity contribution in [2.24, 2.45) is 11.8 Å². The molecule has 0 unspecified atom stereocenters. The van der Waals surface area contributed by atoms with Crippen molar-refractivity contribution in [2.75, 3.05) is 13.1 Å². The van der Waals surface area contributed by atoms with Crippen molar-refractivity contribution in [3.8, 4) is 0 Å². The zero-order valence-corrected chi connectivity index (χ0v) is 13.2. The lowest BCUT2D eigenvalue weighted by Gasteiger charge is -2.34. The highest BCUT2D eigenvalue weighted by molar-refractivity contribution is 5.94. The Morgan fingerprint density at radius 3 is 2.05 bits per heavy atom. The zero-order valence-electron chi connectivity index (χ0n) is 13.2. The molecule has 110 valence electrons. The second kappa shape index (κ2) is 6.43. The third kappa shape index (κ3) is 3.41. The van der Waals surface area contributed by atoms with Gasteiger partial charge in [-0.1, -0.05) is 39.8 Å². The van der Waals surface area contributed by atoms with Crippen molar-refractivity contribution in [1.29, 1.82) is 0 Å². The summed E-state index contributed by atoms with van der Waals surface area (Å²) in [5.74, 6) is 2.23. The van der Waals surface area contributed by atoms with Gasteiger partial charge in [-0.05, 0) is 48.3 Å². The Labute approximate surface area is 123 Å². The van der Waals surface area contributed by atoms with E-state index in [-0.39, 0.29) is 5.91 Å². The number of nitrogens with zero attached hydrogens (tertiary/aromatic N) is 1. The van der Waals surface area contributed by atoms with Gasteiger partial charge < -0.3 is 4.90 Å². The summed E-state index contributed by atoms with van der Waals surface area (Å²) in [6.45, 7) is 10.7. The highest BCUT2D eigenvalue weighted by atomic mass is 16.2. The summed E-state index contributed by atoms with van der Waals surface area (Å²) in [7, 11) is 0. The average molecular weight is 273 g/mol. The van der Waals surface area contributed by atoms with Crippen LogP contribution in [0.3, 0.4) is 0 Å². The predicted molar refractivity (Wildman–Crippen MR) is 84.0 cm³/mol. The number of piperidine rings is 1. The van der Waals surface area contributed by atoms with Gasteiger partial charge in [0.2, 0.25) is 0 Å². The summed E-state index contributed by atoms with van der Waals surface area (Å²) in [5.41, 5.74) is 2.12. The number of likely N-dealkylation sites (tertiary alicyclic amines) is 1. The van der Waals surface area contributed by atoms with Crippen LogP contribution in [0.25, 0.3) is 0 Å². The van der Waals surface area contributed by atoms with Crippen LogP contribution in [0.1, 0.15) is 62.4 Å². The second-order valence-corrected chi connectivity index (χ2v) is 6.65. The van der Waals surface area contributed by atoms with Crippen LogP contribution in [0.2, 0.25) is 0 Å². The fourth-order valence-electron chi connectivity index (χ4n) is 2.96. The minimum Gasteiger partial charge on any atom is -0.339 e.